The van der Waals surface area contributed by atoms with Gasteiger partial charge in [0.25, 0.3) is 11.8 Å². The lowest BCUT2D eigenvalue weighted by Crippen LogP contribution is -2.44. The molecule has 4 heterocycles. The van der Waals surface area contributed by atoms with Crippen LogP contribution in [-0.2, 0) is 0 Å². The third-order valence-electron chi connectivity index (χ3n) is 7.02. The maximum absolute atomic E-state index is 13.2. The number of hydrogen-bond donors (Lipinski definition) is 0. The van der Waals surface area contributed by atoms with Crippen molar-refractivity contribution in [3.63, 3.8) is 0 Å². The van der Waals surface area contributed by atoms with Gasteiger partial charge in [-0.25, -0.2) is 0 Å². The van der Waals surface area contributed by atoms with Crippen molar-refractivity contribution in [3.8, 4) is 5.75 Å². The number of methoxy groups -OCH3 is 1. The molecule has 2 saturated heterocycles. The maximum Gasteiger partial charge on any atom is 0.289 e. The Morgan fingerprint density at radius 1 is 1.06 bits per heavy atom. The molecule has 32 heavy (non-hydrogen) atoms. The van der Waals surface area contributed by atoms with Gasteiger partial charge in [0.1, 0.15) is 11.3 Å². The summed E-state index contributed by atoms with van der Waals surface area (Å²) in [5.74, 6) is 1.42. The van der Waals surface area contributed by atoms with Crippen molar-refractivity contribution in [2.45, 2.75) is 33.1 Å². The van der Waals surface area contributed by atoms with Crippen LogP contribution in [0.1, 0.15) is 51.6 Å². The molecule has 2 aliphatic heterocycles. The van der Waals surface area contributed by atoms with Crippen LogP contribution in [-0.4, -0.2) is 60.1 Å². The lowest BCUT2D eigenvalue weighted by Gasteiger charge is -2.39. The molecule has 2 amide bonds. The van der Waals surface area contributed by atoms with Crippen molar-refractivity contribution in [3.05, 3.63) is 47.0 Å². The molecule has 5 rings (SSSR count). The van der Waals surface area contributed by atoms with E-state index in [-0.39, 0.29) is 17.2 Å². The average molecular weight is 437 g/mol. The number of aryl methyl sites for hydroxylation is 2. The Morgan fingerprint density at radius 3 is 2.44 bits per heavy atom. The minimum Gasteiger partial charge on any atom is -0.493 e. The number of nitrogens with zero attached hydrogens (tertiary/aromatic N) is 3. The molecule has 8 nitrogen and oxygen atoms in total. The molecule has 0 saturated carbocycles. The van der Waals surface area contributed by atoms with Gasteiger partial charge in [-0.1, -0.05) is 17.3 Å². The molecule has 2 aliphatic rings. The Kier molecular flexibility index (Phi) is 4.95. The smallest absolute Gasteiger partial charge is 0.289 e. The van der Waals surface area contributed by atoms with E-state index in [4.69, 9.17) is 13.7 Å². The highest BCUT2D eigenvalue weighted by molar-refractivity contribution is 5.97. The lowest BCUT2D eigenvalue weighted by molar-refractivity contribution is 0.0558. The minimum atomic E-state index is -0.0886. The Balaban J connectivity index is 1.26. The fraction of sp³-hybridized carbons (Fsp3) is 0.458. The van der Waals surface area contributed by atoms with Gasteiger partial charge in [0, 0.05) is 31.6 Å². The Hall–Kier alpha value is -3.29. The van der Waals surface area contributed by atoms with Gasteiger partial charge in [0.15, 0.2) is 17.1 Å². The predicted octanol–water partition coefficient (Wildman–Crippen LogP) is 3.81. The molecule has 2 aromatic heterocycles. The van der Waals surface area contributed by atoms with Crippen LogP contribution in [0.2, 0.25) is 0 Å². The van der Waals surface area contributed by atoms with Crippen molar-refractivity contribution in [1.82, 2.24) is 15.0 Å². The van der Waals surface area contributed by atoms with E-state index in [1.807, 2.05) is 28.0 Å². The van der Waals surface area contributed by atoms with E-state index in [2.05, 4.69) is 5.16 Å². The first-order valence-corrected chi connectivity index (χ1v) is 11.0. The van der Waals surface area contributed by atoms with Gasteiger partial charge in [0.05, 0.1) is 12.8 Å². The topological polar surface area (TPSA) is 89.0 Å². The van der Waals surface area contributed by atoms with Crippen molar-refractivity contribution >= 4 is 22.8 Å². The van der Waals surface area contributed by atoms with Crippen LogP contribution in [0.4, 0.5) is 0 Å². The van der Waals surface area contributed by atoms with Gasteiger partial charge in [-0.3, -0.25) is 9.59 Å². The van der Waals surface area contributed by atoms with E-state index in [9.17, 15) is 9.59 Å². The standard InChI is InChI=1S/C24H27N3O5/c1-15-20(16(2)32-25-15)23(29)26-10-7-24(8-11-26)9-12-27(14-24)22(28)19-13-17-5-4-6-18(30-3)21(17)31-19/h4-6,13H,7-12,14H2,1-3H3. The number of benzene rings is 1. The molecule has 0 bridgehead atoms. The van der Waals surface area contributed by atoms with Crippen molar-refractivity contribution in [2.75, 3.05) is 33.3 Å². The number of piperidine rings is 1. The summed E-state index contributed by atoms with van der Waals surface area (Å²) in [6.07, 6.45) is 2.69. The largest absolute Gasteiger partial charge is 0.493 e. The molecule has 2 fully saturated rings. The van der Waals surface area contributed by atoms with Gasteiger partial charge in [-0.05, 0) is 50.7 Å². The summed E-state index contributed by atoms with van der Waals surface area (Å²) in [6.45, 7) is 6.30. The van der Waals surface area contributed by atoms with Crippen LogP contribution in [0.25, 0.3) is 11.0 Å². The average Bonchev–Trinajstić information content (AvgIpc) is 3.50. The normalized spacial score (nSPS) is 18.0. The number of hydrogen-bond acceptors (Lipinski definition) is 6. The van der Waals surface area contributed by atoms with Gasteiger partial charge in [-0.2, -0.15) is 0 Å². The molecule has 0 unspecified atom stereocenters. The second kappa shape index (κ2) is 7.69. The van der Waals surface area contributed by atoms with Gasteiger partial charge < -0.3 is 23.5 Å². The first kappa shape index (κ1) is 20.6. The fourth-order valence-corrected chi connectivity index (χ4v) is 5.11. The highest BCUT2D eigenvalue weighted by atomic mass is 16.5. The molecule has 0 atom stereocenters. The molecule has 0 N–H and O–H groups in total. The van der Waals surface area contributed by atoms with Crippen LogP contribution in [0.15, 0.2) is 33.2 Å². The van der Waals surface area contributed by atoms with Crippen molar-refractivity contribution in [2.24, 2.45) is 5.41 Å². The Morgan fingerprint density at radius 2 is 1.78 bits per heavy atom. The van der Waals surface area contributed by atoms with Gasteiger partial charge in [0.2, 0.25) is 0 Å². The van der Waals surface area contributed by atoms with Crippen molar-refractivity contribution in [1.29, 1.82) is 0 Å². The second-order valence-corrected chi connectivity index (χ2v) is 8.96. The maximum atomic E-state index is 13.2. The Bertz CT molecular complexity index is 1170. The van der Waals surface area contributed by atoms with Crippen LogP contribution < -0.4 is 4.74 Å². The van der Waals surface area contributed by atoms with E-state index < -0.39 is 0 Å². The number of ether oxygens (including phenoxy) is 1. The van der Waals surface area contributed by atoms with E-state index in [1.54, 1.807) is 27.0 Å². The SMILES string of the molecule is COc1cccc2cc(C(=O)N3CCC4(CCN(C(=O)c5c(C)noc5C)CC4)C3)oc12. The predicted molar refractivity (Wildman–Crippen MR) is 117 cm³/mol. The van der Waals surface area contributed by atoms with E-state index in [0.29, 0.717) is 60.3 Å². The summed E-state index contributed by atoms with van der Waals surface area (Å²) in [5, 5.41) is 4.76. The highest BCUT2D eigenvalue weighted by Gasteiger charge is 2.43. The van der Waals surface area contributed by atoms with Crippen molar-refractivity contribution < 1.29 is 23.3 Å². The van der Waals surface area contributed by atoms with Crippen LogP contribution >= 0.6 is 0 Å². The molecule has 1 spiro atoms. The number of aromatic nitrogens is 1. The van der Waals surface area contributed by atoms with Crippen LogP contribution in [0.3, 0.4) is 0 Å². The number of fused-ring (bicyclic) bond motifs is 1. The number of para-hydroxylation sites is 1. The molecule has 3 aromatic rings. The lowest BCUT2D eigenvalue weighted by atomic mass is 9.77. The number of furan rings is 1. The van der Waals surface area contributed by atoms with E-state index in [0.717, 1.165) is 24.6 Å². The first-order chi connectivity index (χ1) is 15.4. The van der Waals surface area contributed by atoms with E-state index >= 15 is 0 Å². The first-order valence-electron chi connectivity index (χ1n) is 11.0. The molecular formula is C24H27N3O5. The molecular weight excluding hydrogens is 410 g/mol. The van der Waals surface area contributed by atoms with Gasteiger partial charge in [-0.15, -0.1) is 0 Å². The summed E-state index contributed by atoms with van der Waals surface area (Å²) in [6, 6.07) is 7.40. The second-order valence-electron chi connectivity index (χ2n) is 8.96. The zero-order valence-electron chi connectivity index (χ0n) is 18.6. The zero-order valence-corrected chi connectivity index (χ0v) is 18.6. The molecule has 8 heteroatoms. The van der Waals surface area contributed by atoms with Crippen LogP contribution in [0, 0.1) is 19.3 Å². The number of amides is 2. The molecule has 168 valence electrons. The zero-order chi connectivity index (χ0) is 22.5. The molecule has 1 aromatic carbocycles. The Labute approximate surface area is 186 Å². The quantitative estimate of drug-likeness (QED) is 0.619. The monoisotopic (exact) mass is 437 g/mol. The number of carbonyl (C=O) groups excluding carboxylic acids is 2. The fourth-order valence-electron chi connectivity index (χ4n) is 5.11. The van der Waals surface area contributed by atoms with E-state index in [1.165, 1.54) is 0 Å². The molecule has 0 aliphatic carbocycles. The third kappa shape index (κ3) is 3.34. The third-order valence-corrected chi connectivity index (χ3v) is 7.02. The summed E-state index contributed by atoms with van der Waals surface area (Å²) < 4.78 is 16.4. The summed E-state index contributed by atoms with van der Waals surface area (Å²) >= 11 is 0. The summed E-state index contributed by atoms with van der Waals surface area (Å²) in [7, 11) is 1.59. The van der Waals surface area contributed by atoms with Gasteiger partial charge >= 0.3 is 0 Å². The highest BCUT2D eigenvalue weighted by Crippen LogP contribution is 2.41. The number of likely N-dealkylation sites (tertiary alicyclic amines) is 2. The summed E-state index contributed by atoms with van der Waals surface area (Å²) in [4.78, 5) is 29.9. The minimum absolute atomic E-state index is 0.0155. The number of rotatable bonds is 3. The van der Waals surface area contributed by atoms with Crippen LogP contribution in [0.5, 0.6) is 5.75 Å². The summed E-state index contributed by atoms with van der Waals surface area (Å²) in [5.41, 5.74) is 1.85. The molecule has 0 radical (unpaired) electrons. The number of carbonyl (C=O) groups is 2.